The maximum absolute atomic E-state index is 13.6. The number of amides is 1. The molecule has 34 heavy (non-hydrogen) atoms. The number of aryl methyl sites for hydroxylation is 1. The summed E-state index contributed by atoms with van der Waals surface area (Å²) in [5, 5.41) is 4.82. The van der Waals surface area contributed by atoms with Crippen molar-refractivity contribution in [3.05, 3.63) is 105 Å². The lowest BCUT2D eigenvalue weighted by atomic mass is 10.1. The Morgan fingerprint density at radius 1 is 1.03 bits per heavy atom. The third-order valence-corrected chi connectivity index (χ3v) is 6.67. The molecule has 7 heteroatoms. The van der Waals surface area contributed by atoms with Crippen LogP contribution in [0.5, 0.6) is 0 Å². The zero-order valence-corrected chi connectivity index (χ0v) is 20.8. The van der Waals surface area contributed by atoms with E-state index in [2.05, 4.69) is 53.8 Å². The van der Waals surface area contributed by atoms with E-state index in [-0.39, 0.29) is 18.3 Å². The molecule has 1 aliphatic rings. The topological polar surface area (TPSA) is 47.4 Å². The second kappa shape index (κ2) is 9.68. The van der Waals surface area contributed by atoms with Crippen LogP contribution in [0.2, 0.25) is 0 Å². The van der Waals surface area contributed by atoms with Crippen LogP contribution in [0.1, 0.15) is 22.9 Å². The molecule has 2 heterocycles. The highest BCUT2D eigenvalue weighted by Crippen LogP contribution is 2.35. The molecule has 0 spiro atoms. The molecule has 5 nitrogen and oxygen atoms in total. The Labute approximate surface area is 211 Å². The molecule has 0 saturated carbocycles. The van der Waals surface area contributed by atoms with E-state index in [1.54, 1.807) is 21.7 Å². The Balaban J connectivity index is 1.50. The van der Waals surface area contributed by atoms with Crippen molar-refractivity contribution < 1.29 is 13.9 Å². The van der Waals surface area contributed by atoms with Crippen LogP contribution < -0.4 is 0 Å². The number of hydrogen-bond acceptors (Lipinski definition) is 3. The molecule has 1 fully saturated rings. The number of ether oxygens (including phenoxy) is 1. The van der Waals surface area contributed by atoms with Gasteiger partial charge in [0.2, 0.25) is 0 Å². The molecule has 5 rings (SSSR count). The first-order valence-corrected chi connectivity index (χ1v) is 12.1. The first-order chi connectivity index (χ1) is 16.5. The van der Waals surface area contributed by atoms with E-state index in [0.717, 1.165) is 32.4 Å². The van der Waals surface area contributed by atoms with Gasteiger partial charge in [0.25, 0.3) is 5.91 Å². The Hall–Kier alpha value is -3.04. The highest BCUT2D eigenvalue weighted by Gasteiger charge is 2.36. The summed E-state index contributed by atoms with van der Waals surface area (Å²) in [6, 6.07) is 22.6. The Kier molecular flexibility index (Phi) is 6.47. The van der Waals surface area contributed by atoms with E-state index < -0.39 is 6.23 Å². The van der Waals surface area contributed by atoms with Crippen molar-refractivity contribution in [3.63, 3.8) is 0 Å². The number of rotatable bonds is 6. The molecule has 1 unspecified atom stereocenters. The summed E-state index contributed by atoms with van der Waals surface area (Å²) in [6.45, 7) is 2.61. The second-order valence-corrected chi connectivity index (χ2v) is 9.59. The SMILES string of the molecule is Cc1ccc(CCN2C(=O)COC2c2cn(-c3ccc(I)cc3)nc2-c2ccc(F)cc2)cc1. The van der Waals surface area contributed by atoms with Crippen molar-refractivity contribution in [3.8, 4) is 16.9 Å². The van der Waals surface area contributed by atoms with Gasteiger partial charge in [-0.2, -0.15) is 5.10 Å². The van der Waals surface area contributed by atoms with Crippen molar-refractivity contribution >= 4 is 28.5 Å². The predicted octanol–water partition coefficient (Wildman–Crippen LogP) is 5.69. The Bertz CT molecular complexity index is 1300. The van der Waals surface area contributed by atoms with Crippen LogP contribution in [0.15, 0.2) is 79.0 Å². The summed E-state index contributed by atoms with van der Waals surface area (Å²) in [5.74, 6) is -0.362. The smallest absolute Gasteiger partial charge is 0.250 e. The molecule has 1 atom stereocenters. The summed E-state index contributed by atoms with van der Waals surface area (Å²) in [7, 11) is 0. The monoisotopic (exact) mass is 567 g/mol. The van der Waals surface area contributed by atoms with E-state index >= 15 is 0 Å². The Morgan fingerprint density at radius 2 is 1.74 bits per heavy atom. The number of hydrogen-bond donors (Lipinski definition) is 0. The van der Waals surface area contributed by atoms with E-state index in [4.69, 9.17) is 9.84 Å². The number of halogens is 2. The maximum atomic E-state index is 13.6. The molecule has 0 bridgehead atoms. The molecule has 0 N–H and O–H groups in total. The third-order valence-electron chi connectivity index (χ3n) is 5.95. The number of nitrogens with zero attached hydrogens (tertiary/aromatic N) is 3. The fourth-order valence-electron chi connectivity index (χ4n) is 4.08. The average molecular weight is 567 g/mol. The van der Waals surface area contributed by atoms with E-state index in [9.17, 15) is 9.18 Å². The summed E-state index contributed by atoms with van der Waals surface area (Å²) >= 11 is 2.26. The molecular weight excluding hydrogens is 544 g/mol. The van der Waals surface area contributed by atoms with Crippen molar-refractivity contribution in [1.82, 2.24) is 14.7 Å². The molecule has 4 aromatic rings. The van der Waals surface area contributed by atoms with Crippen molar-refractivity contribution in [2.75, 3.05) is 13.2 Å². The third kappa shape index (κ3) is 4.76. The lowest BCUT2D eigenvalue weighted by Gasteiger charge is -2.23. The van der Waals surface area contributed by atoms with E-state index in [0.29, 0.717) is 12.2 Å². The van der Waals surface area contributed by atoms with Gasteiger partial charge in [-0.3, -0.25) is 4.79 Å². The highest BCUT2D eigenvalue weighted by atomic mass is 127. The average Bonchev–Trinajstić information content (AvgIpc) is 3.43. The largest absolute Gasteiger partial charge is 0.344 e. The number of carbonyl (C=O) groups excluding carboxylic acids is 1. The lowest BCUT2D eigenvalue weighted by Crippen LogP contribution is -2.30. The molecular formula is C27H23FIN3O2. The molecule has 1 aromatic heterocycles. The first kappa shape index (κ1) is 22.7. The minimum Gasteiger partial charge on any atom is -0.344 e. The van der Waals surface area contributed by atoms with Gasteiger partial charge in [0.1, 0.15) is 18.1 Å². The van der Waals surface area contributed by atoms with Crippen molar-refractivity contribution in [2.24, 2.45) is 0 Å². The molecule has 1 amide bonds. The molecule has 0 radical (unpaired) electrons. The normalized spacial score (nSPS) is 15.8. The minimum atomic E-state index is -0.560. The molecule has 3 aromatic carbocycles. The van der Waals surface area contributed by atoms with Gasteiger partial charge in [0, 0.05) is 27.4 Å². The number of benzene rings is 3. The Morgan fingerprint density at radius 3 is 2.44 bits per heavy atom. The minimum absolute atomic E-state index is 0.0239. The van der Waals surface area contributed by atoms with Gasteiger partial charge in [-0.1, -0.05) is 29.8 Å². The summed E-state index contributed by atoms with van der Waals surface area (Å²) in [6.07, 6.45) is 2.07. The highest BCUT2D eigenvalue weighted by molar-refractivity contribution is 14.1. The fourth-order valence-corrected chi connectivity index (χ4v) is 4.44. The van der Waals surface area contributed by atoms with Gasteiger partial charge in [0.05, 0.1) is 5.69 Å². The van der Waals surface area contributed by atoms with Crippen LogP contribution in [0.4, 0.5) is 4.39 Å². The lowest BCUT2D eigenvalue weighted by molar-refractivity contribution is -0.128. The predicted molar refractivity (Wildman–Crippen MR) is 137 cm³/mol. The fraction of sp³-hybridized carbons (Fsp3) is 0.185. The maximum Gasteiger partial charge on any atom is 0.250 e. The van der Waals surface area contributed by atoms with E-state index in [1.165, 1.54) is 17.7 Å². The van der Waals surface area contributed by atoms with Crippen LogP contribution in [0, 0.1) is 16.3 Å². The van der Waals surface area contributed by atoms with Crippen molar-refractivity contribution in [2.45, 2.75) is 19.6 Å². The zero-order chi connectivity index (χ0) is 23.7. The van der Waals surface area contributed by atoms with Gasteiger partial charge in [-0.05, 0) is 90.0 Å². The summed E-state index contributed by atoms with van der Waals surface area (Å²) in [5.41, 5.74) is 5.47. The number of aromatic nitrogens is 2. The number of carbonyl (C=O) groups is 1. The van der Waals surface area contributed by atoms with Crippen LogP contribution >= 0.6 is 22.6 Å². The van der Waals surface area contributed by atoms with Gasteiger partial charge < -0.3 is 9.64 Å². The van der Waals surface area contributed by atoms with E-state index in [1.807, 2.05) is 30.5 Å². The van der Waals surface area contributed by atoms with Gasteiger partial charge in [-0.15, -0.1) is 0 Å². The molecule has 1 aliphatic heterocycles. The zero-order valence-electron chi connectivity index (χ0n) is 18.6. The van der Waals surface area contributed by atoms with Crippen molar-refractivity contribution in [1.29, 1.82) is 0 Å². The first-order valence-electron chi connectivity index (χ1n) is 11.1. The molecule has 172 valence electrons. The van der Waals surface area contributed by atoms with Crippen LogP contribution in [0.25, 0.3) is 16.9 Å². The van der Waals surface area contributed by atoms with Crippen LogP contribution in [-0.4, -0.2) is 33.7 Å². The van der Waals surface area contributed by atoms with Gasteiger partial charge >= 0.3 is 0 Å². The quantitative estimate of drug-likeness (QED) is 0.282. The van der Waals surface area contributed by atoms with Gasteiger partial charge in [-0.25, -0.2) is 9.07 Å². The van der Waals surface area contributed by atoms with Crippen LogP contribution in [0.3, 0.4) is 0 Å². The summed E-state index contributed by atoms with van der Waals surface area (Å²) in [4.78, 5) is 14.5. The molecule has 0 aliphatic carbocycles. The second-order valence-electron chi connectivity index (χ2n) is 8.35. The molecule has 1 saturated heterocycles. The summed E-state index contributed by atoms with van der Waals surface area (Å²) < 4.78 is 22.5. The van der Waals surface area contributed by atoms with Gasteiger partial charge in [0.15, 0.2) is 6.23 Å². The standard InChI is InChI=1S/C27H23FIN3O2/c1-18-2-4-19(5-3-18)14-15-31-25(33)17-34-27(31)24-16-32(23-12-10-22(29)11-13-23)30-26(24)20-6-8-21(28)9-7-20/h2-13,16,27H,14-15,17H2,1H3. The van der Waals surface area contributed by atoms with Crippen LogP contribution in [-0.2, 0) is 16.0 Å².